The zero-order valence-corrected chi connectivity index (χ0v) is 21.9. The third-order valence-corrected chi connectivity index (χ3v) is 12.5. The molecule has 3 aliphatic carbocycles. The molecule has 0 spiro atoms. The number of halogens is 4. The van der Waals surface area contributed by atoms with Crippen LogP contribution in [0.25, 0.3) is 11.1 Å². The number of hydrogen-bond acceptors (Lipinski definition) is 0. The van der Waals surface area contributed by atoms with Crippen LogP contribution in [0.3, 0.4) is 0 Å². The van der Waals surface area contributed by atoms with Crippen LogP contribution in [-0.4, -0.2) is 18.6 Å². The van der Waals surface area contributed by atoms with Gasteiger partial charge in [0.1, 0.15) is 0 Å². The van der Waals surface area contributed by atoms with Crippen LogP contribution in [-0.2, 0) is 5.16 Å². The Morgan fingerprint density at radius 3 is 1.51 bits per heavy atom. The van der Waals surface area contributed by atoms with Gasteiger partial charge in [0, 0.05) is 5.16 Å². The molecule has 0 radical (unpaired) electrons. The van der Waals surface area contributed by atoms with Crippen LogP contribution in [0.5, 0.6) is 0 Å². The lowest BCUT2D eigenvalue weighted by atomic mass is 9.90. The van der Waals surface area contributed by atoms with E-state index in [4.69, 9.17) is 0 Å². The van der Waals surface area contributed by atoms with E-state index in [9.17, 15) is 17.3 Å². The molecule has 0 amide bonds. The molecule has 2 saturated carbocycles. The van der Waals surface area contributed by atoms with E-state index < -0.39 is 7.25 Å². The van der Waals surface area contributed by atoms with E-state index in [0.29, 0.717) is 5.16 Å². The van der Waals surface area contributed by atoms with Crippen molar-refractivity contribution in [1.82, 2.24) is 0 Å². The summed E-state index contributed by atoms with van der Waals surface area (Å²) < 4.78 is 39.0. The third kappa shape index (κ3) is 5.98. The summed E-state index contributed by atoms with van der Waals surface area (Å²) in [5.74, 6) is 0. The summed E-state index contributed by atoms with van der Waals surface area (Å²) in [5, 5.41) is 0.308. The lowest BCUT2D eigenvalue weighted by Gasteiger charge is -2.50. The summed E-state index contributed by atoms with van der Waals surface area (Å²) in [5.41, 5.74) is 8.50. The molecular weight excluding hydrogens is 466 g/mol. The van der Waals surface area contributed by atoms with Gasteiger partial charge in [0.2, 0.25) is 0 Å². The van der Waals surface area contributed by atoms with Crippen molar-refractivity contribution in [2.24, 2.45) is 0 Å². The predicted molar refractivity (Wildman–Crippen MR) is 143 cm³/mol. The van der Waals surface area contributed by atoms with E-state index in [-0.39, 0.29) is 7.92 Å². The zero-order chi connectivity index (χ0) is 24.9. The molecule has 35 heavy (non-hydrogen) atoms. The molecule has 0 heterocycles. The number of unbranched alkanes of at least 4 members (excludes halogenated alkanes) is 1. The quantitative estimate of drug-likeness (QED) is 0.208. The number of hydrogen-bond donors (Lipinski definition) is 0. The summed E-state index contributed by atoms with van der Waals surface area (Å²) in [7, 11) is -6.07. The number of fused-ring (bicyclic) bond motifs is 3. The summed E-state index contributed by atoms with van der Waals surface area (Å²) in [6.07, 6.45) is 18.9. The first-order valence-electron chi connectivity index (χ1n) is 13.7. The molecule has 192 valence electrons. The van der Waals surface area contributed by atoms with Gasteiger partial charge in [-0.1, -0.05) is 115 Å². The molecule has 0 nitrogen and oxygen atoms in total. The van der Waals surface area contributed by atoms with Crippen molar-refractivity contribution in [3.05, 3.63) is 59.7 Å². The first kappa shape index (κ1) is 26.7. The van der Waals surface area contributed by atoms with Gasteiger partial charge < -0.3 is 17.3 Å². The average molecular weight is 505 g/mol. The largest absolute Gasteiger partial charge is 0.673 e. The predicted octanol–water partition coefficient (Wildman–Crippen LogP) is 10.5. The first-order valence-corrected chi connectivity index (χ1v) is 15.2. The lowest BCUT2D eigenvalue weighted by Crippen LogP contribution is -2.34. The molecule has 3 aliphatic rings. The standard InChI is InChI=1S/C29H39P.BF4/c1-2-3-22-29(27-20-12-10-18-25(27)26-19-11-13-21-28(26)29)30(23-14-6-4-7-15-23)24-16-8-5-9-17-24;2-1(3,4)5/h10-13,18-21,23-24H,2-9,14-17,22H2,1H3;/q;-1. The lowest BCUT2D eigenvalue weighted by molar-refractivity contribution is 0.368. The van der Waals surface area contributed by atoms with Crippen LogP contribution in [0.1, 0.15) is 102 Å². The highest BCUT2D eigenvalue weighted by atomic mass is 31.1. The first-order chi connectivity index (χ1) is 16.9. The van der Waals surface area contributed by atoms with Crippen LogP contribution in [0.15, 0.2) is 48.5 Å². The van der Waals surface area contributed by atoms with Gasteiger partial charge in [-0.3, -0.25) is 0 Å². The molecule has 0 bridgehead atoms. The maximum Gasteiger partial charge on any atom is 0.673 e. The molecule has 0 aromatic heterocycles. The highest BCUT2D eigenvalue weighted by Crippen LogP contribution is 2.74. The second kappa shape index (κ2) is 11.8. The fraction of sp³-hybridized carbons (Fsp3) is 0.586. The Morgan fingerprint density at radius 2 is 1.11 bits per heavy atom. The number of rotatable bonds is 6. The van der Waals surface area contributed by atoms with E-state index in [1.807, 2.05) is 0 Å². The highest BCUT2D eigenvalue weighted by Gasteiger charge is 2.52. The van der Waals surface area contributed by atoms with Gasteiger partial charge in [-0.2, -0.15) is 0 Å². The summed E-state index contributed by atoms with van der Waals surface area (Å²) in [6.45, 7) is 2.39. The molecule has 2 fully saturated rings. The van der Waals surface area contributed by atoms with Crippen LogP contribution in [0.4, 0.5) is 17.3 Å². The topological polar surface area (TPSA) is 0 Å². The SMILES string of the molecule is CCCCC1(P(C2CCCCC2)C2CCCCC2)c2ccccc2-c2ccccc21.F[B-](F)(F)F. The van der Waals surface area contributed by atoms with Gasteiger partial charge >= 0.3 is 7.25 Å². The van der Waals surface area contributed by atoms with E-state index in [1.54, 1.807) is 22.3 Å². The summed E-state index contributed by atoms with van der Waals surface area (Å²) in [4.78, 5) is 0. The molecule has 0 unspecified atom stereocenters. The smallest absolute Gasteiger partial charge is 0.418 e. The molecular formula is C29H39BF4P-. The molecule has 2 aromatic carbocycles. The minimum absolute atomic E-state index is 0.0672. The Hall–Kier alpha value is -1.35. The van der Waals surface area contributed by atoms with Gasteiger partial charge in [-0.15, -0.1) is 0 Å². The molecule has 0 aliphatic heterocycles. The average Bonchev–Trinajstić information content (AvgIpc) is 3.14. The molecule has 6 heteroatoms. The summed E-state index contributed by atoms with van der Waals surface area (Å²) >= 11 is 0. The van der Waals surface area contributed by atoms with Gasteiger partial charge in [-0.05, 0) is 65.7 Å². The van der Waals surface area contributed by atoms with Crippen molar-refractivity contribution in [3.63, 3.8) is 0 Å². The van der Waals surface area contributed by atoms with E-state index in [2.05, 4.69) is 55.5 Å². The van der Waals surface area contributed by atoms with E-state index >= 15 is 0 Å². The molecule has 5 rings (SSSR count). The van der Waals surface area contributed by atoms with Crippen LogP contribution in [0, 0.1) is 0 Å². The van der Waals surface area contributed by atoms with E-state index in [1.165, 1.54) is 83.5 Å². The monoisotopic (exact) mass is 505 g/mol. The van der Waals surface area contributed by atoms with Crippen molar-refractivity contribution in [2.75, 3.05) is 0 Å². The van der Waals surface area contributed by atoms with Crippen LogP contribution >= 0.6 is 7.92 Å². The fourth-order valence-corrected chi connectivity index (χ4v) is 12.1. The van der Waals surface area contributed by atoms with Crippen molar-refractivity contribution < 1.29 is 17.3 Å². The Kier molecular flexibility index (Phi) is 9.01. The normalized spacial score (nSPS) is 20.2. The minimum atomic E-state index is -6.00. The molecule has 2 aromatic rings. The van der Waals surface area contributed by atoms with Crippen LogP contribution in [0.2, 0.25) is 0 Å². The third-order valence-electron chi connectivity index (χ3n) is 8.30. The Labute approximate surface area is 210 Å². The molecule has 0 N–H and O–H groups in total. The zero-order valence-electron chi connectivity index (χ0n) is 21.0. The van der Waals surface area contributed by atoms with Crippen molar-refractivity contribution in [3.8, 4) is 11.1 Å². The van der Waals surface area contributed by atoms with E-state index in [0.717, 1.165) is 11.3 Å². The maximum absolute atomic E-state index is 9.75. The minimum Gasteiger partial charge on any atom is -0.418 e. The Balaban J connectivity index is 0.000000527. The van der Waals surface area contributed by atoms with Crippen molar-refractivity contribution in [2.45, 2.75) is 107 Å². The van der Waals surface area contributed by atoms with Gasteiger partial charge in [0.15, 0.2) is 0 Å². The second-order valence-corrected chi connectivity index (χ2v) is 13.6. The summed E-state index contributed by atoms with van der Waals surface area (Å²) in [6, 6.07) is 19.1. The van der Waals surface area contributed by atoms with Gasteiger partial charge in [0.05, 0.1) is 0 Å². The van der Waals surface area contributed by atoms with Crippen LogP contribution < -0.4 is 0 Å². The molecule has 0 atom stereocenters. The fourth-order valence-electron chi connectivity index (χ4n) is 7.05. The second-order valence-electron chi connectivity index (χ2n) is 10.5. The maximum atomic E-state index is 9.75. The van der Waals surface area contributed by atoms with Gasteiger partial charge in [-0.25, -0.2) is 0 Å². The van der Waals surface area contributed by atoms with Gasteiger partial charge in [0.25, 0.3) is 0 Å². The number of benzene rings is 2. The highest BCUT2D eigenvalue weighted by molar-refractivity contribution is 7.60. The Morgan fingerprint density at radius 1 is 0.714 bits per heavy atom. The van der Waals surface area contributed by atoms with Crippen molar-refractivity contribution in [1.29, 1.82) is 0 Å². The molecule has 0 saturated heterocycles. The van der Waals surface area contributed by atoms with Crippen molar-refractivity contribution >= 4 is 15.2 Å². The Bertz CT molecular complexity index is 878.